The molecular formula is C8H11FN2. The summed E-state index contributed by atoms with van der Waals surface area (Å²) < 4.78 is 12.6. The second-order valence-corrected chi connectivity index (χ2v) is 2.35. The largest absolute Gasteiger partial charge is 0.370 e. The Morgan fingerprint density at radius 1 is 1.64 bits per heavy atom. The number of rotatable bonds is 2. The molecule has 3 heteroatoms. The van der Waals surface area contributed by atoms with Gasteiger partial charge in [0.25, 0.3) is 0 Å². The van der Waals surface area contributed by atoms with Gasteiger partial charge in [-0.25, -0.2) is 9.37 Å². The van der Waals surface area contributed by atoms with E-state index in [-0.39, 0.29) is 5.82 Å². The van der Waals surface area contributed by atoms with Crippen LogP contribution in [0.5, 0.6) is 0 Å². The Morgan fingerprint density at radius 2 is 2.36 bits per heavy atom. The predicted molar refractivity (Wildman–Crippen MR) is 43.1 cm³/mol. The summed E-state index contributed by atoms with van der Waals surface area (Å²) in [6, 6.07) is 1.69. The molecule has 0 fully saturated rings. The minimum absolute atomic E-state index is 0.258. The van der Waals surface area contributed by atoms with Crippen LogP contribution >= 0.6 is 0 Å². The number of anilines is 1. The molecule has 1 rings (SSSR count). The van der Waals surface area contributed by atoms with E-state index in [1.807, 2.05) is 6.92 Å². The minimum Gasteiger partial charge on any atom is -0.370 e. The predicted octanol–water partition coefficient (Wildman–Crippen LogP) is 1.96. The number of hydrogen-bond acceptors (Lipinski definition) is 2. The van der Waals surface area contributed by atoms with Crippen molar-refractivity contribution >= 4 is 5.82 Å². The van der Waals surface area contributed by atoms with E-state index in [1.165, 1.54) is 6.20 Å². The van der Waals surface area contributed by atoms with Crippen molar-refractivity contribution < 1.29 is 4.39 Å². The maximum Gasteiger partial charge on any atom is 0.144 e. The summed E-state index contributed by atoms with van der Waals surface area (Å²) in [5.41, 5.74) is 0.621. The van der Waals surface area contributed by atoms with Gasteiger partial charge in [0.2, 0.25) is 0 Å². The molecule has 0 amide bonds. The zero-order valence-electron chi connectivity index (χ0n) is 6.69. The summed E-state index contributed by atoms with van der Waals surface area (Å²) in [4.78, 5) is 3.84. The molecule has 0 spiro atoms. The van der Waals surface area contributed by atoms with Crippen molar-refractivity contribution in [1.29, 1.82) is 0 Å². The Balaban J connectivity index is 2.86. The van der Waals surface area contributed by atoms with Crippen LogP contribution in [0, 0.1) is 12.7 Å². The van der Waals surface area contributed by atoms with Crippen molar-refractivity contribution in [1.82, 2.24) is 4.98 Å². The molecule has 0 unspecified atom stereocenters. The maximum atomic E-state index is 12.6. The highest BCUT2D eigenvalue weighted by molar-refractivity contribution is 5.37. The lowest BCUT2D eigenvalue weighted by molar-refractivity contribution is 0.612. The zero-order valence-corrected chi connectivity index (χ0v) is 6.69. The van der Waals surface area contributed by atoms with Gasteiger partial charge >= 0.3 is 0 Å². The average Bonchev–Trinajstić information content (AvgIpc) is 1.98. The average molecular weight is 154 g/mol. The summed E-state index contributed by atoms with van der Waals surface area (Å²) >= 11 is 0. The lowest BCUT2D eigenvalue weighted by Gasteiger charge is -2.02. The van der Waals surface area contributed by atoms with Gasteiger partial charge in [0.15, 0.2) is 0 Å². The van der Waals surface area contributed by atoms with Gasteiger partial charge in [-0.2, -0.15) is 0 Å². The molecule has 0 aliphatic rings. The first-order chi connectivity index (χ1) is 5.24. The fourth-order valence-electron chi connectivity index (χ4n) is 0.817. The molecule has 0 aromatic carbocycles. The fourth-order valence-corrected chi connectivity index (χ4v) is 0.817. The molecular weight excluding hydrogens is 143 g/mol. The van der Waals surface area contributed by atoms with Gasteiger partial charge < -0.3 is 5.32 Å². The summed E-state index contributed by atoms with van der Waals surface area (Å²) in [6.45, 7) is 4.50. The molecule has 1 N–H and O–H groups in total. The highest BCUT2D eigenvalue weighted by Gasteiger charge is 1.97. The first-order valence-electron chi connectivity index (χ1n) is 3.60. The van der Waals surface area contributed by atoms with Gasteiger partial charge in [-0.1, -0.05) is 0 Å². The van der Waals surface area contributed by atoms with E-state index in [2.05, 4.69) is 10.3 Å². The van der Waals surface area contributed by atoms with Gasteiger partial charge in [-0.3, -0.25) is 0 Å². The molecule has 1 aromatic rings. The topological polar surface area (TPSA) is 24.9 Å². The second kappa shape index (κ2) is 3.32. The number of nitrogens with zero attached hydrogens (tertiary/aromatic N) is 1. The Labute approximate surface area is 65.5 Å². The lowest BCUT2D eigenvalue weighted by Crippen LogP contribution is -1.99. The summed E-state index contributed by atoms with van der Waals surface area (Å²) in [6.07, 6.45) is 1.23. The molecule has 2 nitrogen and oxygen atoms in total. The summed E-state index contributed by atoms with van der Waals surface area (Å²) in [5.74, 6) is 0.470. The van der Waals surface area contributed by atoms with Crippen LogP contribution in [0.3, 0.4) is 0 Å². The third kappa shape index (κ3) is 1.90. The van der Waals surface area contributed by atoms with Crippen LogP contribution in [0.2, 0.25) is 0 Å². The molecule has 11 heavy (non-hydrogen) atoms. The third-order valence-electron chi connectivity index (χ3n) is 1.40. The molecule has 1 heterocycles. The van der Waals surface area contributed by atoms with Gasteiger partial charge in [0, 0.05) is 6.54 Å². The van der Waals surface area contributed by atoms with Crippen LogP contribution in [0.15, 0.2) is 12.3 Å². The first kappa shape index (κ1) is 7.98. The zero-order chi connectivity index (χ0) is 8.27. The number of nitrogens with one attached hydrogen (secondary N) is 1. The molecule has 0 bridgehead atoms. The van der Waals surface area contributed by atoms with Crippen LogP contribution < -0.4 is 5.32 Å². The van der Waals surface area contributed by atoms with Gasteiger partial charge in [-0.05, 0) is 25.5 Å². The number of aromatic nitrogens is 1. The van der Waals surface area contributed by atoms with Crippen LogP contribution in [0.1, 0.15) is 12.5 Å². The molecule has 0 saturated heterocycles. The highest BCUT2D eigenvalue weighted by Crippen LogP contribution is 2.08. The Hall–Kier alpha value is -1.12. The molecule has 0 atom stereocenters. The van der Waals surface area contributed by atoms with Crippen LogP contribution in [-0.4, -0.2) is 11.5 Å². The maximum absolute atomic E-state index is 12.6. The standard InChI is InChI=1S/C8H11FN2/c1-3-10-8-4-6(2)7(9)5-11-8/h4-5H,3H2,1-2H3,(H,10,11). The summed E-state index contributed by atoms with van der Waals surface area (Å²) in [7, 11) is 0. The molecule has 0 radical (unpaired) electrons. The monoisotopic (exact) mass is 154 g/mol. The van der Waals surface area contributed by atoms with E-state index in [0.717, 1.165) is 12.4 Å². The van der Waals surface area contributed by atoms with Gasteiger partial charge in [0.05, 0.1) is 6.20 Å². The molecule has 0 aliphatic heterocycles. The molecule has 0 saturated carbocycles. The van der Waals surface area contributed by atoms with E-state index in [1.54, 1.807) is 13.0 Å². The minimum atomic E-state index is -0.258. The van der Waals surface area contributed by atoms with Crippen LogP contribution in [0.4, 0.5) is 10.2 Å². The fraction of sp³-hybridized carbons (Fsp3) is 0.375. The normalized spacial score (nSPS) is 9.73. The van der Waals surface area contributed by atoms with E-state index >= 15 is 0 Å². The lowest BCUT2D eigenvalue weighted by atomic mass is 10.3. The summed E-state index contributed by atoms with van der Waals surface area (Å²) in [5, 5.41) is 3.00. The Kier molecular flexibility index (Phi) is 2.41. The number of pyridine rings is 1. The van der Waals surface area contributed by atoms with E-state index < -0.39 is 0 Å². The van der Waals surface area contributed by atoms with Gasteiger partial charge in [0.1, 0.15) is 11.6 Å². The van der Waals surface area contributed by atoms with E-state index in [9.17, 15) is 4.39 Å². The smallest absolute Gasteiger partial charge is 0.144 e. The van der Waals surface area contributed by atoms with E-state index in [0.29, 0.717) is 5.56 Å². The van der Waals surface area contributed by atoms with Crippen molar-refractivity contribution in [2.45, 2.75) is 13.8 Å². The van der Waals surface area contributed by atoms with Gasteiger partial charge in [-0.15, -0.1) is 0 Å². The molecule has 1 aromatic heterocycles. The van der Waals surface area contributed by atoms with Crippen LogP contribution in [0.25, 0.3) is 0 Å². The quantitative estimate of drug-likeness (QED) is 0.704. The van der Waals surface area contributed by atoms with Crippen molar-refractivity contribution in [3.05, 3.63) is 23.6 Å². The number of aryl methyl sites for hydroxylation is 1. The van der Waals surface area contributed by atoms with Crippen molar-refractivity contribution in [2.75, 3.05) is 11.9 Å². The highest BCUT2D eigenvalue weighted by atomic mass is 19.1. The van der Waals surface area contributed by atoms with Crippen molar-refractivity contribution in [2.24, 2.45) is 0 Å². The molecule has 60 valence electrons. The second-order valence-electron chi connectivity index (χ2n) is 2.35. The van der Waals surface area contributed by atoms with Crippen LogP contribution in [-0.2, 0) is 0 Å². The molecule has 0 aliphatic carbocycles. The van der Waals surface area contributed by atoms with Crippen molar-refractivity contribution in [3.8, 4) is 0 Å². The first-order valence-corrected chi connectivity index (χ1v) is 3.60. The Bertz CT molecular complexity index is 248. The SMILES string of the molecule is CCNc1cc(C)c(F)cn1. The number of hydrogen-bond donors (Lipinski definition) is 1. The number of halogens is 1. The van der Waals surface area contributed by atoms with Crippen molar-refractivity contribution in [3.63, 3.8) is 0 Å². The third-order valence-corrected chi connectivity index (χ3v) is 1.40. The Morgan fingerprint density at radius 3 is 2.91 bits per heavy atom. The van der Waals surface area contributed by atoms with E-state index in [4.69, 9.17) is 0 Å².